The third-order valence-electron chi connectivity index (χ3n) is 17.9. The minimum absolute atomic E-state index is 0.0477. The van der Waals surface area contributed by atoms with Gasteiger partial charge in [-0.2, -0.15) is 0 Å². The largest absolute Gasteiger partial charge is 0.454 e. The Hall–Kier alpha value is -1.63. The molecule has 4 aliphatic heterocycles. The molecule has 0 spiro atoms. The van der Waals surface area contributed by atoms with E-state index in [2.05, 4.69) is 19.9 Å². The Balaban J connectivity index is 0.913. The number of hydrogen-bond donors (Lipinski definition) is 12. The molecular formula is C48H78O23. The highest BCUT2D eigenvalue weighted by atomic mass is 16.8. The van der Waals surface area contributed by atoms with Crippen LogP contribution >= 0.6 is 0 Å². The predicted octanol–water partition coefficient (Wildman–Crippen LogP) is -3.03. The summed E-state index contributed by atoms with van der Waals surface area (Å²) in [5.74, 6) is -0.665. The molecule has 3 saturated carbocycles. The number of carbonyl (C=O) groups excluding carboxylic acids is 1. The van der Waals surface area contributed by atoms with Crippen LogP contribution < -0.4 is 0 Å². The van der Waals surface area contributed by atoms with Crippen LogP contribution in [0.1, 0.15) is 86.0 Å². The van der Waals surface area contributed by atoms with Gasteiger partial charge in [-0.15, -0.1) is 0 Å². The number of rotatable bonds is 14. The number of aliphatic hydroxyl groups excluding tert-OH is 11. The molecule has 0 radical (unpaired) electrons. The molecule has 408 valence electrons. The zero-order chi connectivity index (χ0) is 51.6. The van der Waals surface area contributed by atoms with E-state index in [1.54, 1.807) is 6.92 Å². The SMILES string of the molecule is CO[C@H]1[C@@H](O[C@@H]2O[C@H](CO[C@@H]3O[C@H](CO)[C@@H](O)[C@H](O)[C@H]3O)[C@@H](O)[C@H](O)[C@H]2O)[C@@H](C)O[C@@H](O[C@H]2CC[C@@]3(C)C(=CC[C@@H]4[C@@H]3CC[C@]3(C)[C@@H](C(C)O[C@@H]5O[C@H](CO)[C@@H](O)[C@H](O)[C@H]5O)CC[C@]43O)C2)[C@@H]1OC(C)=O. The van der Waals surface area contributed by atoms with Crippen LogP contribution in [0, 0.1) is 28.6 Å². The molecule has 12 N–H and O–H groups in total. The molecule has 23 nitrogen and oxygen atoms in total. The van der Waals surface area contributed by atoms with Crippen LogP contribution in [0.25, 0.3) is 0 Å². The highest BCUT2D eigenvalue weighted by Gasteiger charge is 2.67. The third-order valence-corrected chi connectivity index (χ3v) is 17.9. The molecule has 0 bridgehead atoms. The predicted molar refractivity (Wildman–Crippen MR) is 238 cm³/mol. The van der Waals surface area contributed by atoms with Crippen molar-refractivity contribution in [2.24, 2.45) is 28.6 Å². The van der Waals surface area contributed by atoms with Gasteiger partial charge in [0.2, 0.25) is 0 Å². The Labute approximate surface area is 412 Å². The van der Waals surface area contributed by atoms with Crippen LogP contribution in [0.2, 0.25) is 0 Å². The van der Waals surface area contributed by atoms with Gasteiger partial charge in [0, 0.05) is 19.4 Å². The molecule has 4 saturated heterocycles. The van der Waals surface area contributed by atoms with Crippen LogP contribution in [-0.2, 0) is 52.2 Å². The van der Waals surface area contributed by atoms with E-state index < -0.39 is 166 Å². The lowest BCUT2D eigenvalue weighted by atomic mass is 9.45. The van der Waals surface area contributed by atoms with E-state index in [0.29, 0.717) is 32.1 Å². The zero-order valence-electron chi connectivity index (χ0n) is 41.1. The summed E-state index contributed by atoms with van der Waals surface area (Å²) in [6.45, 7) is 7.31. The molecule has 0 amide bonds. The first-order chi connectivity index (χ1) is 33.5. The van der Waals surface area contributed by atoms with E-state index in [1.807, 2.05) is 6.92 Å². The number of ether oxygens (including phenoxy) is 10. The maximum Gasteiger partial charge on any atom is 0.303 e. The molecular weight excluding hydrogens is 945 g/mol. The molecule has 7 fully saturated rings. The first kappa shape index (κ1) is 55.6. The van der Waals surface area contributed by atoms with Crippen molar-refractivity contribution in [3.8, 4) is 0 Å². The minimum atomic E-state index is -1.83. The minimum Gasteiger partial charge on any atom is -0.454 e. The molecule has 0 aromatic carbocycles. The second-order valence-corrected chi connectivity index (χ2v) is 21.8. The van der Waals surface area contributed by atoms with Crippen LogP contribution in [0.15, 0.2) is 11.6 Å². The summed E-state index contributed by atoms with van der Waals surface area (Å²) < 4.78 is 59.8. The Morgan fingerprint density at radius 3 is 1.90 bits per heavy atom. The number of fused-ring (bicyclic) bond motifs is 5. The fourth-order valence-electron chi connectivity index (χ4n) is 13.8. The van der Waals surface area contributed by atoms with Crippen LogP contribution in [0.3, 0.4) is 0 Å². The average molecular weight is 1020 g/mol. The Morgan fingerprint density at radius 1 is 0.690 bits per heavy atom. The lowest BCUT2D eigenvalue weighted by Gasteiger charge is -2.61. The van der Waals surface area contributed by atoms with E-state index in [1.165, 1.54) is 19.6 Å². The first-order valence-electron chi connectivity index (χ1n) is 25.2. The molecule has 0 aromatic rings. The molecule has 8 aliphatic rings. The normalized spacial score (nSPS) is 52.7. The fourth-order valence-corrected chi connectivity index (χ4v) is 13.8. The summed E-state index contributed by atoms with van der Waals surface area (Å²) in [5, 5.41) is 127. The van der Waals surface area contributed by atoms with Crippen molar-refractivity contribution in [1.29, 1.82) is 0 Å². The molecule has 71 heavy (non-hydrogen) atoms. The van der Waals surface area contributed by atoms with Gasteiger partial charge in [-0.05, 0) is 88.4 Å². The molecule has 8 rings (SSSR count). The second-order valence-electron chi connectivity index (χ2n) is 21.8. The van der Waals surface area contributed by atoms with Crippen molar-refractivity contribution in [2.75, 3.05) is 26.9 Å². The van der Waals surface area contributed by atoms with Crippen LogP contribution in [0.5, 0.6) is 0 Å². The number of carbonyl (C=O) groups is 1. The maximum absolute atomic E-state index is 12.9. The standard InChI is InChI=1S/C48H78O23/c1-19(64-43-37(59)34(56)31(53)28(17-50)69-43)24-11-14-48(61)26-8-7-22-15-23(9-12-46(22,4)25(26)10-13-47(24,48)5)67-45-41(66-21(3)51)40(62-6)39(20(2)65-45)71-44-38(60)35(57)32(54)29(70-44)18-63-42-36(58)33(55)30(52)27(16-49)68-42/h7,19-20,23-45,49-50,52-61H,8-18H2,1-6H3/t19?,20-,23+,24-,25+,26-,27-,28-,29-,30-,31-,32-,33+,34+,35+,36-,37-,38-,39+,40+,41-,42-,43-,44+,45+,46+,47-,48+/m1/s1. The average Bonchev–Trinajstić information content (AvgIpc) is 3.63. The summed E-state index contributed by atoms with van der Waals surface area (Å²) in [6.07, 6.45) is -22.0. The Kier molecular flexibility index (Phi) is 17.1. The van der Waals surface area contributed by atoms with Gasteiger partial charge >= 0.3 is 5.97 Å². The van der Waals surface area contributed by atoms with Gasteiger partial charge in [0.15, 0.2) is 31.3 Å². The van der Waals surface area contributed by atoms with Gasteiger partial charge in [0.1, 0.15) is 85.5 Å². The van der Waals surface area contributed by atoms with Crippen molar-refractivity contribution in [1.82, 2.24) is 0 Å². The lowest BCUT2D eigenvalue weighted by Crippen LogP contribution is -2.65. The molecule has 23 heteroatoms. The number of methoxy groups -OCH3 is 1. The smallest absolute Gasteiger partial charge is 0.303 e. The highest BCUT2D eigenvalue weighted by Crippen LogP contribution is 2.68. The van der Waals surface area contributed by atoms with Crippen LogP contribution in [-0.4, -0.2) is 235 Å². The fraction of sp³-hybridized carbons (Fsp3) is 0.938. The van der Waals surface area contributed by atoms with E-state index in [9.17, 15) is 66.1 Å². The van der Waals surface area contributed by atoms with E-state index in [0.717, 1.165) is 19.3 Å². The van der Waals surface area contributed by atoms with Gasteiger partial charge in [-0.3, -0.25) is 4.79 Å². The lowest BCUT2D eigenvalue weighted by molar-refractivity contribution is -0.366. The monoisotopic (exact) mass is 1020 g/mol. The molecule has 4 heterocycles. The number of allylic oxidation sites excluding steroid dienone is 1. The second kappa shape index (κ2) is 21.8. The summed E-state index contributed by atoms with van der Waals surface area (Å²) >= 11 is 0. The summed E-state index contributed by atoms with van der Waals surface area (Å²) in [4.78, 5) is 12.6. The van der Waals surface area contributed by atoms with E-state index in [-0.39, 0.29) is 29.3 Å². The van der Waals surface area contributed by atoms with Crippen molar-refractivity contribution in [3.05, 3.63) is 11.6 Å². The van der Waals surface area contributed by atoms with Crippen molar-refractivity contribution >= 4 is 5.97 Å². The van der Waals surface area contributed by atoms with Gasteiger partial charge in [-0.1, -0.05) is 25.5 Å². The summed E-state index contributed by atoms with van der Waals surface area (Å²) in [5.41, 5.74) is -0.609. The van der Waals surface area contributed by atoms with Crippen molar-refractivity contribution in [2.45, 2.75) is 227 Å². The zero-order valence-corrected chi connectivity index (χ0v) is 41.1. The first-order valence-corrected chi connectivity index (χ1v) is 25.2. The van der Waals surface area contributed by atoms with Gasteiger partial charge in [0.05, 0.1) is 43.7 Å². The highest BCUT2D eigenvalue weighted by molar-refractivity contribution is 5.66. The van der Waals surface area contributed by atoms with Gasteiger partial charge in [0.25, 0.3) is 0 Å². The van der Waals surface area contributed by atoms with Crippen molar-refractivity contribution in [3.63, 3.8) is 0 Å². The Morgan fingerprint density at radius 2 is 1.28 bits per heavy atom. The number of hydrogen-bond acceptors (Lipinski definition) is 23. The summed E-state index contributed by atoms with van der Waals surface area (Å²) in [6, 6.07) is 0. The summed E-state index contributed by atoms with van der Waals surface area (Å²) in [7, 11) is 1.37. The van der Waals surface area contributed by atoms with Gasteiger partial charge < -0.3 is 109 Å². The topological polar surface area (TPSA) is 352 Å². The third kappa shape index (κ3) is 10.0. The number of esters is 1. The number of aliphatic hydroxyl groups is 12. The maximum atomic E-state index is 12.9. The van der Waals surface area contributed by atoms with E-state index >= 15 is 0 Å². The molecule has 28 atom stereocenters. The van der Waals surface area contributed by atoms with E-state index in [4.69, 9.17) is 47.4 Å². The molecule has 0 aromatic heterocycles. The Bertz CT molecular complexity index is 1840. The quantitative estimate of drug-likeness (QED) is 0.0608. The molecule has 1 unspecified atom stereocenters. The molecule has 4 aliphatic carbocycles. The van der Waals surface area contributed by atoms with Crippen LogP contribution in [0.4, 0.5) is 0 Å². The van der Waals surface area contributed by atoms with Gasteiger partial charge in [-0.25, -0.2) is 0 Å². The van der Waals surface area contributed by atoms with Crippen molar-refractivity contribution < 1.29 is 113 Å².